The molecule has 3 heteroatoms. The van der Waals surface area contributed by atoms with E-state index < -0.39 is 11.5 Å². The molecule has 92 valence electrons. The van der Waals surface area contributed by atoms with E-state index in [2.05, 4.69) is 5.32 Å². The highest BCUT2D eigenvalue weighted by Gasteiger charge is 2.38. The first-order valence-electron chi connectivity index (χ1n) is 6.25. The first kappa shape index (κ1) is 12.1. The van der Waals surface area contributed by atoms with Gasteiger partial charge in [-0.05, 0) is 24.9 Å². The topological polar surface area (TPSA) is 49.3 Å². The molecule has 3 nitrogen and oxygen atoms in total. The normalized spacial score (nSPS) is 25.2. The summed E-state index contributed by atoms with van der Waals surface area (Å²) in [5.41, 5.74) is 0.321. The van der Waals surface area contributed by atoms with Crippen LogP contribution in [0.25, 0.3) is 0 Å². The predicted molar refractivity (Wildman–Crippen MR) is 67.0 cm³/mol. The van der Waals surface area contributed by atoms with Crippen LogP contribution in [0.1, 0.15) is 31.2 Å². The third-order valence-corrected chi connectivity index (χ3v) is 3.50. The summed E-state index contributed by atoms with van der Waals surface area (Å²) in [7, 11) is 0. The van der Waals surface area contributed by atoms with Crippen molar-refractivity contribution in [3.63, 3.8) is 0 Å². The Labute approximate surface area is 102 Å². The molecule has 1 saturated heterocycles. The van der Waals surface area contributed by atoms with Gasteiger partial charge in [-0.3, -0.25) is 4.79 Å². The Bertz CT molecular complexity index is 367. The molecule has 0 aliphatic carbocycles. The quantitative estimate of drug-likeness (QED) is 0.841. The first-order chi connectivity index (χ1) is 8.23. The molecule has 1 aromatic rings. The first-order valence-corrected chi connectivity index (χ1v) is 6.25. The Morgan fingerprint density at radius 2 is 2.00 bits per heavy atom. The van der Waals surface area contributed by atoms with Gasteiger partial charge in [-0.1, -0.05) is 43.2 Å². The van der Waals surface area contributed by atoms with Crippen molar-refractivity contribution in [2.75, 3.05) is 6.54 Å². The molecular weight excluding hydrogens is 214 g/mol. The van der Waals surface area contributed by atoms with Crippen LogP contribution in [0.2, 0.25) is 0 Å². The molecule has 0 spiro atoms. The van der Waals surface area contributed by atoms with E-state index in [1.54, 1.807) is 0 Å². The second-order valence-corrected chi connectivity index (χ2v) is 4.79. The number of carboxylic acid groups (broad SMARTS) is 1. The summed E-state index contributed by atoms with van der Waals surface area (Å²) in [6.07, 6.45) is 4.48. The Balaban J connectivity index is 2.19. The van der Waals surface area contributed by atoms with Crippen LogP contribution in [0.5, 0.6) is 0 Å². The Morgan fingerprint density at radius 3 is 2.71 bits per heavy atom. The zero-order chi connectivity index (χ0) is 12.1. The summed E-state index contributed by atoms with van der Waals surface area (Å²) in [6.45, 7) is 0.805. The number of benzene rings is 1. The molecule has 1 atom stereocenters. The SMILES string of the molecule is O=C(O)C1(Cc2ccccc2)CCCCCN1. The van der Waals surface area contributed by atoms with Crippen LogP contribution in [0, 0.1) is 0 Å². The van der Waals surface area contributed by atoms with E-state index >= 15 is 0 Å². The monoisotopic (exact) mass is 233 g/mol. The molecule has 0 saturated carbocycles. The van der Waals surface area contributed by atoms with Crippen LogP contribution in [0.4, 0.5) is 0 Å². The Hall–Kier alpha value is -1.35. The molecule has 1 heterocycles. The van der Waals surface area contributed by atoms with Crippen molar-refractivity contribution in [1.82, 2.24) is 5.32 Å². The highest BCUT2D eigenvalue weighted by atomic mass is 16.4. The van der Waals surface area contributed by atoms with Crippen LogP contribution in [-0.4, -0.2) is 23.2 Å². The summed E-state index contributed by atoms with van der Waals surface area (Å²) >= 11 is 0. The largest absolute Gasteiger partial charge is 0.480 e. The van der Waals surface area contributed by atoms with Gasteiger partial charge in [0.25, 0.3) is 0 Å². The Morgan fingerprint density at radius 1 is 1.24 bits per heavy atom. The molecule has 1 unspecified atom stereocenters. The second-order valence-electron chi connectivity index (χ2n) is 4.79. The lowest BCUT2D eigenvalue weighted by molar-refractivity contribution is -0.145. The van der Waals surface area contributed by atoms with E-state index in [-0.39, 0.29) is 0 Å². The number of aliphatic carboxylic acids is 1. The maximum absolute atomic E-state index is 11.6. The third kappa shape index (κ3) is 2.86. The second kappa shape index (κ2) is 5.32. The number of hydrogen-bond acceptors (Lipinski definition) is 2. The van der Waals surface area contributed by atoms with Crippen molar-refractivity contribution in [3.05, 3.63) is 35.9 Å². The highest BCUT2D eigenvalue weighted by molar-refractivity contribution is 5.79. The molecule has 1 aliphatic rings. The van der Waals surface area contributed by atoms with E-state index in [4.69, 9.17) is 0 Å². The number of carboxylic acids is 1. The van der Waals surface area contributed by atoms with Crippen molar-refractivity contribution in [2.24, 2.45) is 0 Å². The van der Waals surface area contributed by atoms with Crippen LogP contribution < -0.4 is 5.32 Å². The zero-order valence-electron chi connectivity index (χ0n) is 9.98. The molecule has 2 rings (SSSR count). The molecule has 0 aromatic heterocycles. The summed E-state index contributed by atoms with van der Waals surface area (Å²) in [6, 6.07) is 9.87. The minimum atomic E-state index is -0.766. The third-order valence-electron chi connectivity index (χ3n) is 3.50. The summed E-state index contributed by atoms with van der Waals surface area (Å²) < 4.78 is 0. The minimum absolute atomic E-state index is 0.573. The number of nitrogens with one attached hydrogen (secondary N) is 1. The fraction of sp³-hybridized carbons (Fsp3) is 0.500. The molecule has 0 radical (unpaired) electrons. The molecule has 1 aromatic carbocycles. The van der Waals surface area contributed by atoms with Gasteiger partial charge < -0.3 is 10.4 Å². The van der Waals surface area contributed by atoms with E-state index in [9.17, 15) is 9.90 Å². The summed E-state index contributed by atoms with van der Waals surface area (Å²) in [5.74, 6) is -0.719. The van der Waals surface area contributed by atoms with E-state index in [1.807, 2.05) is 30.3 Å². The fourth-order valence-electron chi connectivity index (χ4n) is 2.50. The van der Waals surface area contributed by atoms with E-state index in [1.165, 1.54) is 0 Å². The van der Waals surface area contributed by atoms with Gasteiger partial charge in [0.2, 0.25) is 0 Å². The molecule has 0 bridgehead atoms. The van der Waals surface area contributed by atoms with E-state index in [0.717, 1.165) is 37.8 Å². The van der Waals surface area contributed by atoms with Crippen LogP contribution in [0.15, 0.2) is 30.3 Å². The van der Waals surface area contributed by atoms with Gasteiger partial charge in [-0.2, -0.15) is 0 Å². The van der Waals surface area contributed by atoms with Crippen LogP contribution in [-0.2, 0) is 11.2 Å². The van der Waals surface area contributed by atoms with Gasteiger partial charge in [-0.25, -0.2) is 0 Å². The molecule has 1 fully saturated rings. The predicted octanol–water partition coefficient (Wildman–Crippen LogP) is 2.22. The van der Waals surface area contributed by atoms with Gasteiger partial charge in [-0.15, -0.1) is 0 Å². The standard InChI is InChI=1S/C14H19NO2/c16-13(17)14(9-5-2-6-10-15-14)11-12-7-3-1-4-8-12/h1,3-4,7-8,15H,2,5-6,9-11H2,(H,16,17). The lowest BCUT2D eigenvalue weighted by Gasteiger charge is -2.29. The Kier molecular flexibility index (Phi) is 3.79. The zero-order valence-corrected chi connectivity index (χ0v) is 9.98. The van der Waals surface area contributed by atoms with Crippen molar-refractivity contribution in [3.8, 4) is 0 Å². The fourth-order valence-corrected chi connectivity index (χ4v) is 2.50. The average molecular weight is 233 g/mol. The van der Waals surface area contributed by atoms with Crippen molar-refractivity contribution in [1.29, 1.82) is 0 Å². The number of hydrogen-bond donors (Lipinski definition) is 2. The van der Waals surface area contributed by atoms with Gasteiger partial charge in [0.15, 0.2) is 0 Å². The number of carbonyl (C=O) groups is 1. The molecule has 2 N–H and O–H groups in total. The smallest absolute Gasteiger partial charge is 0.324 e. The summed E-state index contributed by atoms with van der Waals surface area (Å²) in [4.78, 5) is 11.6. The summed E-state index contributed by atoms with van der Waals surface area (Å²) in [5, 5.41) is 12.8. The maximum atomic E-state index is 11.6. The van der Waals surface area contributed by atoms with E-state index in [0.29, 0.717) is 6.42 Å². The highest BCUT2D eigenvalue weighted by Crippen LogP contribution is 2.24. The molecule has 0 amide bonds. The molecule has 1 aliphatic heterocycles. The number of rotatable bonds is 3. The van der Waals surface area contributed by atoms with Gasteiger partial charge in [0.1, 0.15) is 5.54 Å². The maximum Gasteiger partial charge on any atom is 0.324 e. The van der Waals surface area contributed by atoms with Crippen molar-refractivity contribution in [2.45, 2.75) is 37.6 Å². The molecule has 17 heavy (non-hydrogen) atoms. The minimum Gasteiger partial charge on any atom is -0.480 e. The lowest BCUT2D eigenvalue weighted by Crippen LogP contribution is -2.53. The average Bonchev–Trinajstić information content (AvgIpc) is 2.57. The van der Waals surface area contributed by atoms with Crippen LogP contribution in [0.3, 0.4) is 0 Å². The van der Waals surface area contributed by atoms with Gasteiger partial charge in [0.05, 0.1) is 0 Å². The van der Waals surface area contributed by atoms with Crippen molar-refractivity contribution < 1.29 is 9.90 Å². The lowest BCUT2D eigenvalue weighted by atomic mass is 9.86. The molecular formula is C14H19NO2. The van der Waals surface area contributed by atoms with Gasteiger partial charge >= 0.3 is 5.97 Å². The van der Waals surface area contributed by atoms with Gasteiger partial charge in [0, 0.05) is 6.42 Å². The van der Waals surface area contributed by atoms with Crippen molar-refractivity contribution >= 4 is 5.97 Å². The van der Waals surface area contributed by atoms with Crippen LogP contribution >= 0.6 is 0 Å².